The van der Waals surface area contributed by atoms with E-state index in [0.717, 1.165) is 70.6 Å². The molecule has 0 aromatic carbocycles. The molecule has 0 unspecified atom stereocenters. The van der Waals surface area contributed by atoms with E-state index in [1.54, 1.807) is 0 Å². The highest BCUT2D eigenvalue weighted by molar-refractivity contribution is 7.58. The Morgan fingerprint density at radius 1 is 0.643 bits per heavy atom. The minimum Gasteiger partial charge on any atom is -0.309 e. The Kier molecular flexibility index (Phi) is 22.7. The molecule has 0 saturated carbocycles. The maximum atomic E-state index is 12.6. The van der Waals surface area contributed by atoms with Gasteiger partial charge in [0.05, 0.1) is 19.4 Å². The highest BCUT2D eigenvalue weighted by Crippen LogP contribution is 2.49. The quantitative estimate of drug-likeness (QED) is 0.160. The summed E-state index contributed by atoms with van der Waals surface area (Å²) in [4.78, 5) is 25.4. The van der Waals surface area contributed by atoms with Crippen LogP contribution in [0.4, 0.5) is 0 Å². The summed E-state index contributed by atoms with van der Waals surface area (Å²) in [5.41, 5.74) is 0. The number of rotatable bonds is 18. The Labute approximate surface area is 174 Å². The van der Waals surface area contributed by atoms with E-state index in [4.69, 9.17) is 23.7 Å². The lowest BCUT2D eigenvalue weighted by atomic mass is 10.3. The molecular formula is C20H47O6P2+. The Morgan fingerprint density at radius 2 is 1.04 bits per heavy atom. The minimum absolute atomic E-state index is 0.154. The number of hydrogen-bond acceptors (Lipinski definition) is 6. The van der Waals surface area contributed by atoms with Crippen molar-refractivity contribution in [3.8, 4) is 0 Å². The molecule has 0 heterocycles. The maximum Gasteiger partial charge on any atom is 0.403 e. The fourth-order valence-electron chi connectivity index (χ4n) is 2.41. The second-order valence-electron chi connectivity index (χ2n) is 7.25. The van der Waals surface area contributed by atoms with Crippen molar-refractivity contribution in [2.45, 2.75) is 105 Å². The minimum atomic E-state index is -3.45. The van der Waals surface area contributed by atoms with Crippen LogP contribution in [-0.2, 0) is 13.6 Å². The molecule has 6 nitrogen and oxygen atoms in total. The first-order valence-corrected chi connectivity index (χ1v) is 14.7. The third kappa shape index (κ3) is 24.5. The molecule has 8 heteroatoms. The summed E-state index contributed by atoms with van der Waals surface area (Å²) in [5.74, 6) is 0. The van der Waals surface area contributed by atoms with Crippen molar-refractivity contribution in [2.75, 3.05) is 25.5 Å². The van der Waals surface area contributed by atoms with Crippen LogP contribution in [0.25, 0.3) is 0 Å². The average Bonchev–Trinajstić information content (AvgIpc) is 2.63. The van der Waals surface area contributed by atoms with Crippen molar-refractivity contribution in [3.63, 3.8) is 0 Å². The topological polar surface area (TPSA) is 96.2 Å². The van der Waals surface area contributed by atoms with Crippen molar-refractivity contribution in [1.82, 2.24) is 0 Å². The molecule has 0 aliphatic carbocycles. The smallest absolute Gasteiger partial charge is 0.309 e. The molecular weight excluding hydrogens is 398 g/mol. The summed E-state index contributed by atoms with van der Waals surface area (Å²) in [6, 6.07) is 0. The standard InChI is InChI=1S/C15H33O3P.C5H14O3P/c1-4-7-10-13-17-19(16,15-12-9-6-3)18-14-11-8-5-2;1-2-3-4-5-9(6,7)8/h4-15H2,1-3H3;6-8H,2-5H2,1H3/q;+1. The van der Waals surface area contributed by atoms with Crippen molar-refractivity contribution in [2.24, 2.45) is 0 Å². The lowest BCUT2D eigenvalue weighted by Crippen LogP contribution is -2.03. The van der Waals surface area contributed by atoms with Gasteiger partial charge in [-0.25, -0.2) is 0 Å². The van der Waals surface area contributed by atoms with Crippen molar-refractivity contribution >= 4 is 15.5 Å². The zero-order chi connectivity index (χ0) is 21.7. The van der Waals surface area contributed by atoms with Crippen LogP contribution in [0.5, 0.6) is 0 Å². The second-order valence-corrected chi connectivity index (χ2v) is 11.3. The fraction of sp³-hybridized carbons (Fsp3) is 1.00. The fourth-order valence-corrected chi connectivity index (χ4v) is 4.81. The first kappa shape index (κ1) is 30.7. The van der Waals surface area contributed by atoms with Gasteiger partial charge in [0.15, 0.2) is 0 Å². The lowest BCUT2D eigenvalue weighted by molar-refractivity contribution is 0.197. The van der Waals surface area contributed by atoms with Gasteiger partial charge in [-0.2, -0.15) is 14.7 Å². The summed E-state index contributed by atoms with van der Waals surface area (Å²) in [7, 11) is -6.27. The molecule has 0 aromatic heterocycles. The molecule has 0 rings (SSSR count). The molecule has 0 aromatic rings. The van der Waals surface area contributed by atoms with E-state index in [2.05, 4.69) is 20.8 Å². The van der Waals surface area contributed by atoms with Crippen molar-refractivity contribution < 1.29 is 28.3 Å². The highest BCUT2D eigenvalue weighted by Gasteiger charge is 2.27. The van der Waals surface area contributed by atoms with Crippen LogP contribution < -0.4 is 0 Å². The summed E-state index contributed by atoms with van der Waals surface area (Å²) in [6.07, 6.45) is 13.1. The summed E-state index contributed by atoms with van der Waals surface area (Å²) in [5, 5.41) is 0. The molecule has 0 radical (unpaired) electrons. The molecule has 0 spiro atoms. The third-order valence-corrected chi connectivity index (χ3v) is 7.10. The Bertz CT molecular complexity index is 345. The van der Waals surface area contributed by atoms with E-state index in [0.29, 0.717) is 25.8 Å². The van der Waals surface area contributed by atoms with Gasteiger partial charge in [-0.3, -0.25) is 4.57 Å². The molecule has 0 aliphatic heterocycles. The van der Waals surface area contributed by atoms with Crippen LogP contribution in [-0.4, -0.2) is 40.2 Å². The van der Waals surface area contributed by atoms with Gasteiger partial charge in [-0.1, -0.05) is 72.6 Å². The predicted molar refractivity (Wildman–Crippen MR) is 121 cm³/mol. The largest absolute Gasteiger partial charge is 0.403 e. The van der Waals surface area contributed by atoms with Crippen LogP contribution >= 0.6 is 15.5 Å². The van der Waals surface area contributed by atoms with Gasteiger partial charge in [-0.15, -0.1) is 0 Å². The number of hydrogen-bond donors (Lipinski definition) is 3. The lowest BCUT2D eigenvalue weighted by Gasteiger charge is -2.18. The monoisotopic (exact) mass is 445 g/mol. The molecule has 28 heavy (non-hydrogen) atoms. The van der Waals surface area contributed by atoms with Gasteiger partial charge in [0.25, 0.3) is 0 Å². The predicted octanol–water partition coefficient (Wildman–Crippen LogP) is 6.70. The van der Waals surface area contributed by atoms with E-state index >= 15 is 0 Å². The normalized spacial score (nSPS) is 12.0. The second kappa shape index (κ2) is 20.7. The zero-order valence-corrected chi connectivity index (χ0v) is 20.6. The van der Waals surface area contributed by atoms with E-state index < -0.39 is 15.5 Å². The third-order valence-electron chi connectivity index (χ3n) is 4.17. The molecule has 3 N–H and O–H groups in total. The summed E-state index contributed by atoms with van der Waals surface area (Å²) < 4.78 is 23.8. The molecule has 0 saturated heterocycles. The van der Waals surface area contributed by atoms with Crippen LogP contribution in [0.3, 0.4) is 0 Å². The molecule has 0 bridgehead atoms. The van der Waals surface area contributed by atoms with Gasteiger partial charge >= 0.3 is 15.5 Å². The van der Waals surface area contributed by atoms with Gasteiger partial charge in [-0.05, 0) is 32.1 Å². The van der Waals surface area contributed by atoms with Crippen LogP contribution in [0.1, 0.15) is 105 Å². The summed E-state index contributed by atoms with van der Waals surface area (Å²) >= 11 is 0. The van der Waals surface area contributed by atoms with Crippen LogP contribution in [0.15, 0.2) is 0 Å². The summed E-state index contributed by atoms with van der Waals surface area (Å²) in [6.45, 7) is 9.63. The molecule has 0 amide bonds. The molecule has 0 fully saturated rings. The van der Waals surface area contributed by atoms with E-state index in [1.165, 1.54) is 0 Å². The Hall–Kier alpha value is 0.460. The number of unbranched alkanes of at least 4 members (excludes halogenated alkanes) is 8. The van der Waals surface area contributed by atoms with E-state index in [9.17, 15) is 4.57 Å². The van der Waals surface area contributed by atoms with Crippen molar-refractivity contribution in [3.05, 3.63) is 0 Å². The highest BCUT2D eigenvalue weighted by atomic mass is 31.2. The van der Waals surface area contributed by atoms with E-state index in [1.807, 2.05) is 6.92 Å². The van der Waals surface area contributed by atoms with Gasteiger partial charge in [0.1, 0.15) is 6.16 Å². The van der Waals surface area contributed by atoms with Crippen LogP contribution in [0.2, 0.25) is 0 Å². The molecule has 172 valence electrons. The van der Waals surface area contributed by atoms with Crippen molar-refractivity contribution in [1.29, 1.82) is 0 Å². The molecule has 0 aliphatic rings. The zero-order valence-electron chi connectivity index (χ0n) is 18.8. The van der Waals surface area contributed by atoms with Crippen LogP contribution in [0, 0.1) is 0 Å². The molecule has 0 atom stereocenters. The van der Waals surface area contributed by atoms with Gasteiger partial charge < -0.3 is 9.05 Å². The van der Waals surface area contributed by atoms with Gasteiger partial charge in [0.2, 0.25) is 0 Å². The SMILES string of the molecule is CCCCCOP(=O)(CCCCC)OCCCCC.CCCCC[P+](O)(O)O. The Balaban J connectivity index is 0. The maximum absolute atomic E-state index is 12.6. The average molecular weight is 446 g/mol. The van der Waals surface area contributed by atoms with Gasteiger partial charge in [0, 0.05) is 0 Å². The van der Waals surface area contributed by atoms with E-state index in [-0.39, 0.29) is 6.16 Å². The first-order chi connectivity index (χ1) is 13.2. The Morgan fingerprint density at radius 3 is 1.43 bits per heavy atom. The first-order valence-electron chi connectivity index (χ1n) is 11.2.